The number of rotatable bonds is 5. The fraction of sp³-hybridized carbons (Fsp3) is 0.562. The molecular weight excluding hydrogens is 304 g/mol. The number of ether oxygens (including phenoxy) is 2. The molecule has 1 amide bonds. The fourth-order valence-corrected chi connectivity index (χ4v) is 2.50. The predicted octanol–water partition coefficient (Wildman–Crippen LogP) is 1.62. The van der Waals surface area contributed by atoms with Gasteiger partial charge in [0.15, 0.2) is 0 Å². The highest BCUT2D eigenvalue weighted by atomic mass is 35.5. The topological polar surface area (TPSA) is 59.6 Å². The van der Waals surface area contributed by atoms with Crippen LogP contribution in [0, 0.1) is 5.92 Å². The highest BCUT2D eigenvalue weighted by Gasteiger charge is 2.18. The number of benzene rings is 1. The van der Waals surface area contributed by atoms with Crippen molar-refractivity contribution in [2.75, 3.05) is 32.8 Å². The van der Waals surface area contributed by atoms with Crippen LogP contribution in [0.25, 0.3) is 0 Å². The number of halogens is 1. The normalized spacial score (nSPS) is 18.9. The van der Waals surface area contributed by atoms with E-state index in [9.17, 15) is 4.79 Å². The van der Waals surface area contributed by atoms with Crippen LogP contribution in [0.15, 0.2) is 24.3 Å². The summed E-state index contributed by atoms with van der Waals surface area (Å²) in [4.78, 5) is 12.0. The van der Waals surface area contributed by atoms with Crippen molar-refractivity contribution in [2.45, 2.75) is 18.9 Å². The lowest BCUT2D eigenvalue weighted by Gasteiger charge is -2.27. The van der Waals surface area contributed by atoms with Crippen molar-refractivity contribution in [3.05, 3.63) is 29.8 Å². The lowest BCUT2D eigenvalue weighted by atomic mass is 10.0. The minimum Gasteiger partial charge on any atom is -0.490 e. The Morgan fingerprint density at radius 1 is 1.23 bits per heavy atom. The fourth-order valence-electron chi connectivity index (χ4n) is 2.50. The van der Waals surface area contributed by atoms with Gasteiger partial charge in [-0.2, -0.15) is 0 Å². The molecule has 2 heterocycles. The van der Waals surface area contributed by atoms with Gasteiger partial charge in [-0.05, 0) is 24.3 Å². The van der Waals surface area contributed by atoms with Crippen molar-refractivity contribution < 1.29 is 14.3 Å². The molecule has 2 fully saturated rings. The van der Waals surface area contributed by atoms with E-state index in [0.717, 1.165) is 51.4 Å². The molecule has 22 heavy (non-hydrogen) atoms. The summed E-state index contributed by atoms with van der Waals surface area (Å²) in [6.07, 6.45) is 2.08. The van der Waals surface area contributed by atoms with Crippen LogP contribution in [0.2, 0.25) is 0 Å². The first-order valence-corrected chi connectivity index (χ1v) is 7.64. The Morgan fingerprint density at radius 2 is 1.91 bits per heavy atom. The second-order valence-corrected chi connectivity index (χ2v) is 5.69. The largest absolute Gasteiger partial charge is 0.490 e. The standard InChI is InChI=1S/C16H22N2O3.ClH/c19-16(18-11-12-9-17-10-12)13-1-3-14(4-2-13)21-15-5-7-20-8-6-15;/h1-4,12,15,17H,5-11H2,(H,18,19);1H. The van der Waals surface area contributed by atoms with Crippen molar-refractivity contribution in [1.82, 2.24) is 10.6 Å². The van der Waals surface area contributed by atoms with E-state index >= 15 is 0 Å². The molecule has 0 aliphatic carbocycles. The Balaban J connectivity index is 0.00000176. The van der Waals surface area contributed by atoms with Gasteiger partial charge in [-0.1, -0.05) is 0 Å². The Labute approximate surface area is 137 Å². The van der Waals surface area contributed by atoms with Crippen molar-refractivity contribution in [1.29, 1.82) is 0 Å². The van der Waals surface area contributed by atoms with Crippen LogP contribution in [0.4, 0.5) is 0 Å². The first-order chi connectivity index (χ1) is 10.3. The average Bonchev–Trinajstić information content (AvgIpc) is 2.47. The molecule has 122 valence electrons. The molecule has 0 radical (unpaired) electrons. The van der Waals surface area contributed by atoms with Crippen molar-refractivity contribution in [3.63, 3.8) is 0 Å². The summed E-state index contributed by atoms with van der Waals surface area (Å²) >= 11 is 0. The Hall–Kier alpha value is -1.30. The average molecular weight is 327 g/mol. The number of amides is 1. The SMILES string of the molecule is Cl.O=C(NCC1CNC1)c1ccc(OC2CCOCC2)cc1. The summed E-state index contributed by atoms with van der Waals surface area (Å²) in [6, 6.07) is 7.39. The molecule has 0 spiro atoms. The second kappa shape index (κ2) is 8.36. The molecule has 2 saturated heterocycles. The van der Waals surface area contributed by atoms with Gasteiger partial charge in [0.1, 0.15) is 11.9 Å². The first-order valence-electron chi connectivity index (χ1n) is 7.64. The lowest BCUT2D eigenvalue weighted by Crippen LogP contribution is -2.48. The summed E-state index contributed by atoms with van der Waals surface area (Å²) in [5, 5.41) is 6.16. The lowest BCUT2D eigenvalue weighted by molar-refractivity contribution is 0.0256. The Bertz CT molecular complexity index is 471. The van der Waals surface area contributed by atoms with Gasteiger partial charge in [0.25, 0.3) is 5.91 Å². The number of nitrogens with one attached hydrogen (secondary N) is 2. The van der Waals surface area contributed by atoms with Gasteiger partial charge in [-0.3, -0.25) is 4.79 Å². The zero-order valence-electron chi connectivity index (χ0n) is 12.5. The molecule has 0 aromatic heterocycles. The van der Waals surface area contributed by atoms with Gasteiger partial charge in [0, 0.05) is 44.0 Å². The smallest absolute Gasteiger partial charge is 0.251 e. The van der Waals surface area contributed by atoms with Crippen LogP contribution in [-0.4, -0.2) is 44.9 Å². The van der Waals surface area contributed by atoms with Crippen LogP contribution >= 0.6 is 12.4 Å². The van der Waals surface area contributed by atoms with Gasteiger partial charge in [0.05, 0.1) is 13.2 Å². The molecular formula is C16H23ClN2O3. The highest BCUT2D eigenvalue weighted by molar-refractivity contribution is 5.94. The van der Waals surface area contributed by atoms with E-state index in [-0.39, 0.29) is 24.4 Å². The number of carbonyl (C=O) groups is 1. The van der Waals surface area contributed by atoms with Crippen LogP contribution in [0.5, 0.6) is 5.75 Å². The summed E-state index contributed by atoms with van der Waals surface area (Å²) in [6.45, 7) is 4.27. The third-order valence-corrected chi connectivity index (χ3v) is 4.00. The molecule has 0 atom stereocenters. The number of hydrogen-bond acceptors (Lipinski definition) is 4. The zero-order valence-corrected chi connectivity index (χ0v) is 13.4. The molecule has 6 heteroatoms. The maximum atomic E-state index is 12.0. The molecule has 3 rings (SSSR count). The van der Waals surface area contributed by atoms with Crippen LogP contribution in [0.3, 0.4) is 0 Å². The zero-order chi connectivity index (χ0) is 14.5. The van der Waals surface area contributed by atoms with E-state index in [4.69, 9.17) is 9.47 Å². The van der Waals surface area contributed by atoms with Crippen molar-refractivity contribution in [2.24, 2.45) is 5.92 Å². The Morgan fingerprint density at radius 3 is 2.50 bits per heavy atom. The monoisotopic (exact) mass is 326 g/mol. The Kier molecular flexibility index (Phi) is 6.49. The number of carbonyl (C=O) groups excluding carboxylic acids is 1. The molecule has 2 aliphatic heterocycles. The summed E-state index contributed by atoms with van der Waals surface area (Å²) in [7, 11) is 0. The van der Waals surface area contributed by atoms with Crippen molar-refractivity contribution in [3.8, 4) is 5.75 Å². The minimum atomic E-state index is -0.0143. The predicted molar refractivity (Wildman–Crippen MR) is 86.9 cm³/mol. The van der Waals surface area contributed by atoms with E-state index in [0.29, 0.717) is 11.5 Å². The molecule has 1 aromatic rings. The summed E-state index contributed by atoms with van der Waals surface area (Å²) < 4.78 is 11.2. The van der Waals surface area contributed by atoms with Gasteiger partial charge < -0.3 is 20.1 Å². The molecule has 5 nitrogen and oxygen atoms in total. The number of hydrogen-bond donors (Lipinski definition) is 2. The molecule has 2 N–H and O–H groups in total. The molecule has 1 aromatic carbocycles. The van der Waals surface area contributed by atoms with Gasteiger partial charge in [0.2, 0.25) is 0 Å². The minimum absolute atomic E-state index is 0. The molecule has 0 unspecified atom stereocenters. The third-order valence-electron chi connectivity index (χ3n) is 4.00. The van der Waals surface area contributed by atoms with Crippen molar-refractivity contribution >= 4 is 18.3 Å². The van der Waals surface area contributed by atoms with Gasteiger partial charge in [-0.25, -0.2) is 0 Å². The quantitative estimate of drug-likeness (QED) is 0.863. The molecule has 2 aliphatic rings. The van der Waals surface area contributed by atoms with Crippen LogP contribution < -0.4 is 15.4 Å². The maximum Gasteiger partial charge on any atom is 0.251 e. The summed E-state index contributed by atoms with van der Waals surface area (Å²) in [5.41, 5.74) is 0.682. The van der Waals surface area contributed by atoms with Gasteiger partial charge in [-0.15, -0.1) is 12.4 Å². The van der Waals surface area contributed by atoms with E-state index in [1.807, 2.05) is 24.3 Å². The van der Waals surface area contributed by atoms with E-state index in [1.165, 1.54) is 0 Å². The third kappa shape index (κ3) is 4.60. The second-order valence-electron chi connectivity index (χ2n) is 5.69. The maximum absolute atomic E-state index is 12.0. The highest BCUT2D eigenvalue weighted by Crippen LogP contribution is 2.18. The van der Waals surface area contributed by atoms with E-state index in [2.05, 4.69) is 10.6 Å². The van der Waals surface area contributed by atoms with Crippen LogP contribution in [0.1, 0.15) is 23.2 Å². The molecule has 0 bridgehead atoms. The molecule has 0 saturated carbocycles. The van der Waals surface area contributed by atoms with E-state index < -0.39 is 0 Å². The first kappa shape index (κ1) is 17.1. The van der Waals surface area contributed by atoms with E-state index in [1.54, 1.807) is 0 Å². The van der Waals surface area contributed by atoms with Crippen LogP contribution in [-0.2, 0) is 4.74 Å². The van der Waals surface area contributed by atoms with Gasteiger partial charge >= 0.3 is 0 Å². The summed E-state index contributed by atoms with van der Waals surface area (Å²) in [5.74, 6) is 1.38.